The largest absolute Gasteiger partial charge is 0.419 e. The summed E-state index contributed by atoms with van der Waals surface area (Å²) in [5, 5.41) is 64.2. The Hall–Kier alpha value is -5.81. The Kier molecular flexibility index (Phi) is 7.04. The van der Waals surface area contributed by atoms with E-state index in [0.717, 1.165) is 24.3 Å². The number of nitrogens with zero attached hydrogens (tertiary/aromatic N) is 7. The molecule has 2 aromatic rings. The van der Waals surface area contributed by atoms with Crippen LogP contribution in [0.15, 0.2) is 18.2 Å². The van der Waals surface area contributed by atoms with Gasteiger partial charge in [-0.3, -0.25) is 0 Å². The van der Waals surface area contributed by atoms with Crippen LogP contribution in [0.25, 0.3) is 11.1 Å². The molecule has 0 bridgehead atoms. The van der Waals surface area contributed by atoms with Gasteiger partial charge in [-0.05, 0) is 18.2 Å². The van der Waals surface area contributed by atoms with Gasteiger partial charge in [-0.25, -0.2) is 0 Å². The number of alkyl halides is 6. The molecule has 0 aliphatic heterocycles. The van der Waals surface area contributed by atoms with Crippen LogP contribution in [-0.4, -0.2) is 0 Å². The van der Waals surface area contributed by atoms with Crippen LogP contribution >= 0.6 is 0 Å². The highest BCUT2D eigenvalue weighted by Crippen LogP contribution is 2.43. The Morgan fingerprint density at radius 3 is 1.47 bits per heavy atom. The average molecular weight is 491 g/mol. The molecular formula is C23H3F6N7. The Bertz CT molecular complexity index is 1720. The second kappa shape index (κ2) is 9.59. The van der Waals surface area contributed by atoms with Crippen LogP contribution in [0.5, 0.6) is 0 Å². The van der Waals surface area contributed by atoms with E-state index in [0.29, 0.717) is 0 Å². The molecule has 13 heteroatoms. The normalized spacial score (nSPS) is 11.3. The molecule has 0 amide bonds. The molecule has 0 aromatic heterocycles. The van der Waals surface area contributed by atoms with Crippen molar-refractivity contribution in [2.45, 2.75) is 12.4 Å². The lowest BCUT2D eigenvalue weighted by atomic mass is 9.87. The van der Waals surface area contributed by atoms with Gasteiger partial charge in [-0.2, -0.15) is 63.2 Å². The van der Waals surface area contributed by atoms with Gasteiger partial charge >= 0.3 is 12.4 Å². The number of benzene rings is 2. The van der Waals surface area contributed by atoms with Gasteiger partial charge in [0.05, 0.1) is 51.1 Å². The van der Waals surface area contributed by atoms with Crippen molar-refractivity contribution in [3.8, 4) is 42.5 Å². The lowest BCUT2D eigenvalue weighted by Gasteiger charge is -2.19. The summed E-state index contributed by atoms with van der Waals surface area (Å²) in [6.07, 6.45) is -11.1. The van der Waals surface area contributed by atoms with E-state index in [9.17, 15) is 47.4 Å². The third-order valence-electron chi connectivity index (χ3n) is 4.68. The SMILES string of the molecule is N#CC(C#N)=c1cc(C#N)/c(=C(\C#N)c2cc(C(F)(F)F)c(C#N)c(C(F)(F)F)c2C#N)cc1C#N. The van der Waals surface area contributed by atoms with Crippen molar-refractivity contribution in [1.29, 1.82) is 36.8 Å². The molecule has 7 nitrogen and oxygen atoms in total. The zero-order valence-electron chi connectivity index (χ0n) is 17.1. The molecule has 0 spiro atoms. The van der Waals surface area contributed by atoms with Crippen LogP contribution in [0, 0.1) is 79.3 Å². The lowest BCUT2D eigenvalue weighted by molar-refractivity contribution is -0.143. The summed E-state index contributed by atoms with van der Waals surface area (Å²) < 4.78 is 82.2. The van der Waals surface area contributed by atoms with E-state index >= 15 is 0 Å². The van der Waals surface area contributed by atoms with Crippen molar-refractivity contribution in [2.24, 2.45) is 0 Å². The summed E-state index contributed by atoms with van der Waals surface area (Å²) in [6.45, 7) is 0. The summed E-state index contributed by atoms with van der Waals surface area (Å²) in [7, 11) is 0. The van der Waals surface area contributed by atoms with Gasteiger partial charge in [-0.15, -0.1) is 0 Å². The first-order chi connectivity index (χ1) is 16.8. The predicted octanol–water partition coefficient (Wildman–Crippen LogP) is 3.13. The quantitative estimate of drug-likeness (QED) is 0.552. The Balaban J connectivity index is 3.42. The minimum absolute atomic E-state index is 0.00806. The molecule has 0 unspecified atom stereocenters. The molecule has 2 rings (SSSR count). The summed E-state index contributed by atoms with van der Waals surface area (Å²) in [5.41, 5.74) is -11.7. The van der Waals surface area contributed by atoms with E-state index < -0.39 is 67.7 Å². The fraction of sp³-hybridized carbons (Fsp3) is 0.0870. The van der Waals surface area contributed by atoms with Gasteiger partial charge in [-0.1, -0.05) is 0 Å². The van der Waals surface area contributed by atoms with Crippen molar-refractivity contribution >= 4 is 11.1 Å². The number of halogens is 6. The van der Waals surface area contributed by atoms with Gasteiger partial charge in [0.25, 0.3) is 0 Å². The molecule has 0 saturated heterocycles. The van der Waals surface area contributed by atoms with Gasteiger partial charge in [0.1, 0.15) is 35.9 Å². The first-order valence-corrected chi connectivity index (χ1v) is 8.93. The molecule has 0 saturated carbocycles. The molecule has 172 valence electrons. The molecule has 2 aromatic carbocycles. The lowest BCUT2D eigenvalue weighted by Crippen LogP contribution is -2.23. The molecule has 0 atom stereocenters. The monoisotopic (exact) mass is 491 g/mol. The maximum absolute atomic E-state index is 13.8. The maximum atomic E-state index is 13.8. The average Bonchev–Trinajstić information content (AvgIpc) is 2.83. The Morgan fingerprint density at radius 1 is 0.583 bits per heavy atom. The van der Waals surface area contributed by atoms with Crippen LogP contribution in [0.3, 0.4) is 0 Å². The smallest absolute Gasteiger partial charge is 0.192 e. The second-order valence-corrected chi connectivity index (χ2v) is 6.57. The van der Waals surface area contributed by atoms with Gasteiger partial charge in [0.2, 0.25) is 0 Å². The fourth-order valence-corrected chi connectivity index (χ4v) is 3.23. The van der Waals surface area contributed by atoms with Crippen LogP contribution in [0.2, 0.25) is 0 Å². The molecule has 36 heavy (non-hydrogen) atoms. The zero-order chi connectivity index (χ0) is 27.4. The fourth-order valence-electron chi connectivity index (χ4n) is 3.23. The molecule has 0 aliphatic rings. The molecule has 0 aliphatic carbocycles. The maximum Gasteiger partial charge on any atom is 0.419 e. The summed E-state index contributed by atoms with van der Waals surface area (Å²) in [6, 6.07) is 10.8. The first-order valence-electron chi connectivity index (χ1n) is 8.93. The van der Waals surface area contributed by atoms with Crippen molar-refractivity contribution in [1.82, 2.24) is 0 Å². The highest BCUT2D eigenvalue weighted by Gasteiger charge is 2.44. The number of hydrogen-bond acceptors (Lipinski definition) is 7. The van der Waals surface area contributed by atoms with E-state index in [2.05, 4.69) is 0 Å². The molecule has 0 heterocycles. The topological polar surface area (TPSA) is 167 Å². The predicted molar refractivity (Wildman–Crippen MR) is 104 cm³/mol. The molecular weight excluding hydrogens is 488 g/mol. The number of rotatable bonds is 1. The standard InChI is InChI=1S/C23H3F6N7/c24-22(25,26)20-3-16(18(9-35)21(19(20)10-36)23(27,28)29)17(8-34)15-2-11(4-30)14(1-12(15)5-31)13(6-32)7-33/h1-3H/b17-15+. The summed E-state index contributed by atoms with van der Waals surface area (Å²) in [5.74, 6) is 0. The van der Waals surface area contributed by atoms with Crippen LogP contribution in [0.4, 0.5) is 26.3 Å². The van der Waals surface area contributed by atoms with E-state index in [4.69, 9.17) is 15.8 Å². The zero-order valence-corrected chi connectivity index (χ0v) is 17.1. The van der Waals surface area contributed by atoms with Crippen LogP contribution in [0.1, 0.15) is 38.9 Å². The highest BCUT2D eigenvalue weighted by molar-refractivity contribution is 5.84. The minimum Gasteiger partial charge on any atom is -0.192 e. The Morgan fingerprint density at radius 2 is 1.08 bits per heavy atom. The van der Waals surface area contributed by atoms with E-state index in [-0.39, 0.29) is 11.3 Å². The molecule has 0 fully saturated rings. The molecule has 0 N–H and O–H groups in total. The first kappa shape index (κ1) is 26.4. The van der Waals surface area contributed by atoms with E-state index in [1.807, 2.05) is 0 Å². The van der Waals surface area contributed by atoms with Crippen molar-refractivity contribution in [3.63, 3.8) is 0 Å². The minimum atomic E-state index is -5.63. The molecule has 0 radical (unpaired) electrons. The summed E-state index contributed by atoms with van der Waals surface area (Å²) in [4.78, 5) is 0. The highest BCUT2D eigenvalue weighted by atomic mass is 19.4. The van der Waals surface area contributed by atoms with Gasteiger partial charge in [0, 0.05) is 16.0 Å². The van der Waals surface area contributed by atoms with E-state index in [1.54, 1.807) is 6.07 Å². The van der Waals surface area contributed by atoms with Crippen molar-refractivity contribution < 1.29 is 26.3 Å². The third-order valence-corrected chi connectivity index (χ3v) is 4.68. The third kappa shape index (κ3) is 4.48. The summed E-state index contributed by atoms with van der Waals surface area (Å²) >= 11 is 0. The van der Waals surface area contributed by atoms with E-state index in [1.165, 1.54) is 24.3 Å². The number of hydrogen-bond donors (Lipinski definition) is 0. The van der Waals surface area contributed by atoms with Crippen LogP contribution in [-0.2, 0) is 12.4 Å². The number of nitriles is 7. The van der Waals surface area contributed by atoms with Gasteiger partial charge in [0.15, 0.2) is 0 Å². The van der Waals surface area contributed by atoms with Crippen molar-refractivity contribution in [2.75, 3.05) is 0 Å². The Labute approximate surface area is 197 Å². The second-order valence-electron chi connectivity index (χ2n) is 6.57. The van der Waals surface area contributed by atoms with Crippen LogP contribution < -0.4 is 10.4 Å². The van der Waals surface area contributed by atoms with Gasteiger partial charge < -0.3 is 0 Å². The van der Waals surface area contributed by atoms with Crippen molar-refractivity contribution in [3.05, 3.63) is 67.6 Å².